The molecular weight excluding hydrogens is 230 g/mol. The maximum atomic E-state index is 12.0. The normalized spacial score (nSPS) is 24.3. The van der Waals surface area contributed by atoms with Crippen LogP contribution in [0.25, 0.3) is 0 Å². The summed E-state index contributed by atoms with van der Waals surface area (Å²) < 4.78 is 5.25. The van der Waals surface area contributed by atoms with Crippen molar-refractivity contribution in [1.82, 2.24) is 4.90 Å². The molecule has 1 fully saturated rings. The van der Waals surface area contributed by atoms with Crippen LogP contribution in [0.4, 0.5) is 4.79 Å². The van der Waals surface area contributed by atoms with Crippen LogP contribution in [0.2, 0.25) is 0 Å². The first-order chi connectivity index (χ1) is 8.11. The third-order valence-electron chi connectivity index (χ3n) is 3.47. The molecule has 3 atom stereocenters. The molecule has 0 aromatic rings. The SMILES string of the molecule is CC1CC1CC(=O)C(C)N(C)C(=O)OC(C)(C)C. The first-order valence-corrected chi connectivity index (χ1v) is 6.60. The molecule has 0 heterocycles. The number of hydrogen-bond donors (Lipinski definition) is 0. The molecule has 3 unspecified atom stereocenters. The van der Waals surface area contributed by atoms with Gasteiger partial charge in [0.1, 0.15) is 5.60 Å². The molecule has 0 radical (unpaired) electrons. The summed E-state index contributed by atoms with van der Waals surface area (Å²) in [6.45, 7) is 9.37. The zero-order chi connectivity index (χ0) is 14.1. The standard InChI is InChI=1S/C14H25NO3/c1-9-7-11(9)8-12(16)10(2)15(6)13(17)18-14(3,4)5/h9-11H,7-8H2,1-6H3. The van der Waals surface area contributed by atoms with Gasteiger partial charge in [0.15, 0.2) is 5.78 Å². The molecule has 1 saturated carbocycles. The largest absolute Gasteiger partial charge is 0.444 e. The highest BCUT2D eigenvalue weighted by atomic mass is 16.6. The summed E-state index contributed by atoms with van der Waals surface area (Å²) in [6, 6.07) is -0.410. The van der Waals surface area contributed by atoms with Gasteiger partial charge in [-0.1, -0.05) is 6.92 Å². The topological polar surface area (TPSA) is 46.6 Å². The minimum absolute atomic E-state index is 0.123. The van der Waals surface area contributed by atoms with Crippen LogP contribution in [0.15, 0.2) is 0 Å². The molecule has 0 saturated heterocycles. The van der Waals surface area contributed by atoms with E-state index in [9.17, 15) is 9.59 Å². The lowest BCUT2D eigenvalue weighted by atomic mass is 10.1. The Hall–Kier alpha value is -1.06. The first-order valence-electron chi connectivity index (χ1n) is 6.60. The Kier molecular flexibility index (Phi) is 4.41. The number of nitrogens with zero attached hydrogens (tertiary/aromatic N) is 1. The minimum Gasteiger partial charge on any atom is -0.444 e. The molecule has 0 aromatic heterocycles. The lowest BCUT2D eigenvalue weighted by molar-refractivity contribution is -0.123. The van der Waals surface area contributed by atoms with Crippen LogP contribution in [0.3, 0.4) is 0 Å². The van der Waals surface area contributed by atoms with Crippen molar-refractivity contribution in [2.24, 2.45) is 11.8 Å². The summed E-state index contributed by atoms with van der Waals surface area (Å²) >= 11 is 0. The predicted molar refractivity (Wildman–Crippen MR) is 70.4 cm³/mol. The molecule has 104 valence electrons. The highest BCUT2D eigenvalue weighted by molar-refractivity contribution is 5.87. The average molecular weight is 255 g/mol. The molecule has 0 aromatic carbocycles. The Balaban J connectivity index is 2.46. The molecule has 0 spiro atoms. The van der Waals surface area contributed by atoms with Gasteiger partial charge in [-0.2, -0.15) is 0 Å². The van der Waals surface area contributed by atoms with Gasteiger partial charge in [-0.25, -0.2) is 4.79 Å². The Morgan fingerprint density at radius 3 is 2.28 bits per heavy atom. The van der Waals surface area contributed by atoms with Crippen LogP contribution >= 0.6 is 0 Å². The van der Waals surface area contributed by atoms with E-state index in [-0.39, 0.29) is 5.78 Å². The van der Waals surface area contributed by atoms with E-state index in [0.29, 0.717) is 18.3 Å². The molecule has 4 nitrogen and oxygen atoms in total. The van der Waals surface area contributed by atoms with Crippen molar-refractivity contribution in [2.45, 2.75) is 59.1 Å². The van der Waals surface area contributed by atoms with E-state index >= 15 is 0 Å². The molecule has 1 rings (SSSR count). The number of rotatable bonds is 4. The summed E-state index contributed by atoms with van der Waals surface area (Å²) in [7, 11) is 1.62. The summed E-state index contributed by atoms with van der Waals surface area (Å²) in [5.41, 5.74) is -0.529. The second-order valence-corrected chi connectivity index (χ2v) is 6.41. The fourth-order valence-electron chi connectivity index (χ4n) is 1.82. The lowest BCUT2D eigenvalue weighted by Gasteiger charge is -2.28. The van der Waals surface area contributed by atoms with Crippen LogP contribution < -0.4 is 0 Å². The number of hydrogen-bond acceptors (Lipinski definition) is 3. The molecule has 18 heavy (non-hydrogen) atoms. The van der Waals surface area contributed by atoms with Crippen LogP contribution in [0, 0.1) is 11.8 Å². The Bertz CT molecular complexity index is 332. The fraction of sp³-hybridized carbons (Fsp3) is 0.857. The van der Waals surface area contributed by atoms with Gasteiger partial charge in [-0.3, -0.25) is 4.79 Å². The van der Waals surface area contributed by atoms with Gasteiger partial charge >= 0.3 is 6.09 Å². The van der Waals surface area contributed by atoms with E-state index in [1.54, 1.807) is 14.0 Å². The van der Waals surface area contributed by atoms with Crippen molar-refractivity contribution >= 4 is 11.9 Å². The van der Waals surface area contributed by atoms with Crippen molar-refractivity contribution in [3.05, 3.63) is 0 Å². The average Bonchev–Trinajstić information content (AvgIpc) is 2.89. The van der Waals surface area contributed by atoms with Crippen LogP contribution in [-0.2, 0) is 9.53 Å². The van der Waals surface area contributed by atoms with Gasteiger partial charge in [0.2, 0.25) is 0 Å². The highest BCUT2D eigenvalue weighted by Crippen LogP contribution is 2.40. The lowest BCUT2D eigenvalue weighted by Crippen LogP contribution is -2.43. The molecule has 0 aliphatic heterocycles. The third kappa shape index (κ3) is 4.31. The van der Waals surface area contributed by atoms with Crippen molar-refractivity contribution < 1.29 is 14.3 Å². The van der Waals surface area contributed by atoms with Crippen molar-refractivity contribution in [3.63, 3.8) is 0 Å². The van der Waals surface area contributed by atoms with Crippen molar-refractivity contribution in [3.8, 4) is 0 Å². The summed E-state index contributed by atoms with van der Waals surface area (Å²) in [5.74, 6) is 1.30. The number of likely N-dealkylation sites (N-methyl/N-ethyl adjacent to an activating group) is 1. The summed E-state index contributed by atoms with van der Waals surface area (Å²) in [6.07, 6.45) is 1.27. The fourth-order valence-corrected chi connectivity index (χ4v) is 1.82. The predicted octanol–water partition coefficient (Wildman–Crippen LogP) is 2.86. The van der Waals surface area contributed by atoms with Gasteiger partial charge in [-0.15, -0.1) is 0 Å². The molecule has 0 N–H and O–H groups in total. The Morgan fingerprint density at radius 1 is 1.39 bits per heavy atom. The summed E-state index contributed by atoms with van der Waals surface area (Å²) in [4.78, 5) is 25.2. The summed E-state index contributed by atoms with van der Waals surface area (Å²) in [5, 5.41) is 0. The van der Waals surface area contributed by atoms with Crippen LogP contribution in [0.1, 0.15) is 47.5 Å². The minimum atomic E-state index is -0.529. The molecule has 1 aliphatic carbocycles. The van der Waals surface area contributed by atoms with E-state index in [1.807, 2.05) is 20.8 Å². The number of carbonyl (C=O) groups is 2. The van der Waals surface area contributed by atoms with E-state index in [2.05, 4.69) is 6.92 Å². The number of amides is 1. The van der Waals surface area contributed by atoms with Gasteiger partial charge in [0.25, 0.3) is 0 Å². The van der Waals surface area contributed by atoms with E-state index in [0.717, 1.165) is 6.42 Å². The Morgan fingerprint density at radius 2 is 1.89 bits per heavy atom. The molecule has 1 amide bonds. The number of Topliss-reactive ketones (excluding diaryl/α,β-unsaturated/α-hetero) is 1. The van der Waals surface area contributed by atoms with Gasteiger partial charge < -0.3 is 9.64 Å². The first kappa shape index (κ1) is 15.0. The quantitative estimate of drug-likeness (QED) is 0.776. The third-order valence-corrected chi connectivity index (χ3v) is 3.47. The molecule has 4 heteroatoms. The van der Waals surface area contributed by atoms with Gasteiger partial charge in [-0.05, 0) is 46.0 Å². The van der Waals surface area contributed by atoms with Gasteiger partial charge in [0, 0.05) is 13.5 Å². The molecule has 0 bridgehead atoms. The number of ketones is 1. The van der Waals surface area contributed by atoms with Crippen molar-refractivity contribution in [1.29, 1.82) is 0 Å². The molecular formula is C14H25NO3. The Labute approximate surface area is 110 Å². The highest BCUT2D eigenvalue weighted by Gasteiger charge is 2.36. The number of carbonyl (C=O) groups excluding carboxylic acids is 2. The van der Waals surface area contributed by atoms with E-state index in [4.69, 9.17) is 4.74 Å². The van der Waals surface area contributed by atoms with Gasteiger partial charge in [0.05, 0.1) is 6.04 Å². The van der Waals surface area contributed by atoms with E-state index < -0.39 is 17.7 Å². The zero-order valence-electron chi connectivity index (χ0n) is 12.3. The van der Waals surface area contributed by atoms with Crippen LogP contribution in [0.5, 0.6) is 0 Å². The number of ether oxygens (including phenoxy) is 1. The maximum absolute atomic E-state index is 12.0. The second kappa shape index (κ2) is 5.29. The molecule has 1 aliphatic rings. The second-order valence-electron chi connectivity index (χ2n) is 6.41. The van der Waals surface area contributed by atoms with Crippen molar-refractivity contribution in [2.75, 3.05) is 7.05 Å². The van der Waals surface area contributed by atoms with Crippen LogP contribution in [-0.4, -0.2) is 35.5 Å². The zero-order valence-corrected chi connectivity index (χ0v) is 12.3. The maximum Gasteiger partial charge on any atom is 0.410 e. The smallest absolute Gasteiger partial charge is 0.410 e. The van der Waals surface area contributed by atoms with E-state index in [1.165, 1.54) is 4.90 Å². The monoisotopic (exact) mass is 255 g/mol.